The van der Waals surface area contributed by atoms with Gasteiger partial charge in [-0.3, -0.25) is 4.79 Å². The van der Waals surface area contributed by atoms with E-state index in [9.17, 15) is 14.7 Å². The number of nitrogens with zero attached hydrogens (tertiary/aromatic N) is 1. The molecule has 1 N–H and O–H groups in total. The Morgan fingerprint density at radius 2 is 1.80 bits per heavy atom. The molecule has 4 aromatic carbocycles. The van der Waals surface area contributed by atoms with E-state index in [0.717, 1.165) is 20.8 Å². The lowest BCUT2D eigenvalue weighted by Crippen LogP contribution is -2.51. The van der Waals surface area contributed by atoms with Gasteiger partial charge in [-0.15, -0.1) is 0 Å². The van der Waals surface area contributed by atoms with E-state index in [2.05, 4.69) is 15.9 Å². The van der Waals surface area contributed by atoms with Crippen molar-refractivity contribution in [3.63, 3.8) is 0 Å². The van der Waals surface area contributed by atoms with Crippen molar-refractivity contribution in [1.82, 2.24) is 4.57 Å². The van der Waals surface area contributed by atoms with Gasteiger partial charge in [-0.05, 0) is 60.5 Å². The molecule has 2 atom stereocenters. The number of halogens is 1. The van der Waals surface area contributed by atoms with Crippen LogP contribution in [-0.4, -0.2) is 34.5 Å². The largest absolute Gasteiger partial charge is 0.496 e. The molecule has 8 heteroatoms. The number of methoxy groups -OCH3 is 1. The molecule has 1 aromatic heterocycles. The molecule has 2 unspecified atom stereocenters. The molecule has 0 saturated carbocycles. The molecule has 0 aliphatic carbocycles. The number of aromatic nitrogens is 1. The zero-order valence-corrected chi connectivity index (χ0v) is 24.6. The molecule has 0 fully saturated rings. The summed E-state index contributed by atoms with van der Waals surface area (Å²) in [6.45, 7) is 3.49. The minimum atomic E-state index is -1.28. The predicted octanol–water partition coefficient (Wildman–Crippen LogP) is 6.45. The van der Waals surface area contributed by atoms with Crippen molar-refractivity contribution in [2.24, 2.45) is 7.05 Å². The standard InChI is InChI=1S/C33H28BrNO6/c1-33(2)32(40-26(36)13-12-18-8-7-11-21(34)14-18)31(38)28-25(41-33)17-24(39-4)27-29(28)35(3)23-16-20-10-6-5-9-19(20)15-22(23)30(27)37/h5-17,31-32,38H,1-4H3/b13-12+. The van der Waals surface area contributed by atoms with Crippen LogP contribution in [-0.2, 0) is 16.6 Å². The molecule has 0 radical (unpaired) electrons. The van der Waals surface area contributed by atoms with Gasteiger partial charge in [0.05, 0.1) is 29.1 Å². The highest BCUT2D eigenvalue weighted by Gasteiger charge is 2.47. The first-order chi connectivity index (χ1) is 19.6. The summed E-state index contributed by atoms with van der Waals surface area (Å²) in [7, 11) is 3.34. The number of rotatable bonds is 4. The number of carbonyl (C=O) groups excluding carboxylic acids is 1. The van der Waals surface area contributed by atoms with Gasteiger partial charge in [-0.25, -0.2) is 4.79 Å². The monoisotopic (exact) mass is 613 g/mol. The van der Waals surface area contributed by atoms with Gasteiger partial charge in [0.2, 0.25) is 5.43 Å². The smallest absolute Gasteiger partial charge is 0.331 e. The van der Waals surface area contributed by atoms with Crippen molar-refractivity contribution in [1.29, 1.82) is 0 Å². The minimum Gasteiger partial charge on any atom is -0.496 e. The Morgan fingerprint density at radius 1 is 1.07 bits per heavy atom. The van der Waals surface area contributed by atoms with Crippen LogP contribution in [0.2, 0.25) is 0 Å². The molecule has 0 amide bonds. The van der Waals surface area contributed by atoms with E-state index in [0.29, 0.717) is 38.9 Å². The topological polar surface area (TPSA) is 87.0 Å². The van der Waals surface area contributed by atoms with E-state index in [1.165, 1.54) is 13.2 Å². The number of esters is 1. The van der Waals surface area contributed by atoms with Gasteiger partial charge in [0, 0.05) is 29.0 Å². The second-order valence-corrected chi connectivity index (χ2v) is 11.6. The second-order valence-electron chi connectivity index (χ2n) is 10.7. The van der Waals surface area contributed by atoms with Gasteiger partial charge < -0.3 is 23.9 Å². The van der Waals surface area contributed by atoms with Gasteiger partial charge in [0.15, 0.2) is 6.10 Å². The van der Waals surface area contributed by atoms with E-state index in [4.69, 9.17) is 14.2 Å². The molecule has 7 nitrogen and oxygen atoms in total. The lowest BCUT2D eigenvalue weighted by atomic mass is 9.86. The van der Waals surface area contributed by atoms with Crippen molar-refractivity contribution in [3.05, 3.63) is 98.6 Å². The summed E-state index contributed by atoms with van der Waals surface area (Å²) < 4.78 is 20.6. The van der Waals surface area contributed by atoms with Crippen LogP contribution >= 0.6 is 15.9 Å². The summed E-state index contributed by atoms with van der Waals surface area (Å²) in [5.74, 6) is 0.0709. The van der Waals surface area contributed by atoms with E-state index in [1.54, 1.807) is 26.0 Å². The molecule has 2 heterocycles. The Balaban J connectivity index is 1.51. The summed E-state index contributed by atoms with van der Waals surface area (Å²) in [6.07, 6.45) is 0.619. The average molecular weight is 614 g/mol. The fraction of sp³-hybridized carbons (Fsp3) is 0.212. The molecule has 208 valence electrons. The molecule has 0 spiro atoms. The van der Waals surface area contributed by atoms with Crippen LogP contribution in [0.1, 0.15) is 31.1 Å². The molecule has 0 saturated heterocycles. The fourth-order valence-corrected chi connectivity index (χ4v) is 6.11. The molecule has 6 rings (SSSR count). The SMILES string of the molecule is COc1cc2c(c3c1c(=O)c1cc4ccccc4cc1n3C)C(O)C(OC(=O)/C=C/c1cccc(Br)c1)C(C)(C)O2. The fourth-order valence-electron chi connectivity index (χ4n) is 5.70. The van der Waals surface area contributed by atoms with Crippen molar-refractivity contribution in [2.75, 3.05) is 7.11 Å². The number of ether oxygens (including phenoxy) is 3. The van der Waals surface area contributed by atoms with Crippen molar-refractivity contribution < 1.29 is 24.1 Å². The quantitative estimate of drug-likeness (QED) is 0.142. The Kier molecular flexibility index (Phi) is 6.63. The average Bonchev–Trinajstić information content (AvgIpc) is 2.95. The predicted molar refractivity (Wildman–Crippen MR) is 163 cm³/mol. The van der Waals surface area contributed by atoms with Gasteiger partial charge >= 0.3 is 5.97 Å². The van der Waals surface area contributed by atoms with Gasteiger partial charge in [0.1, 0.15) is 23.2 Å². The summed E-state index contributed by atoms with van der Waals surface area (Å²) >= 11 is 3.42. The maximum Gasteiger partial charge on any atom is 0.331 e. The van der Waals surface area contributed by atoms with E-state index in [-0.39, 0.29) is 5.43 Å². The highest BCUT2D eigenvalue weighted by Crippen LogP contribution is 2.47. The third-order valence-corrected chi connectivity index (χ3v) is 8.16. The first kappa shape index (κ1) is 27.1. The highest BCUT2D eigenvalue weighted by atomic mass is 79.9. The van der Waals surface area contributed by atoms with E-state index < -0.39 is 23.8 Å². The number of hydrogen-bond donors (Lipinski definition) is 1. The molecule has 1 aliphatic heterocycles. The van der Waals surface area contributed by atoms with Crippen molar-refractivity contribution >= 4 is 60.6 Å². The second kappa shape index (κ2) is 10.0. The molecule has 41 heavy (non-hydrogen) atoms. The number of benzene rings is 4. The maximum absolute atomic E-state index is 14.0. The number of aryl methyl sites for hydroxylation is 1. The number of carbonyl (C=O) groups is 1. The minimum absolute atomic E-state index is 0.221. The molecule has 1 aliphatic rings. The van der Waals surface area contributed by atoms with Crippen molar-refractivity contribution in [3.8, 4) is 11.5 Å². The summed E-state index contributed by atoms with van der Waals surface area (Å²) in [4.78, 5) is 26.9. The summed E-state index contributed by atoms with van der Waals surface area (Å²) in [5.41, 5.74) is 1.02. The molecular formula is C33H28BrNO6. The zero-order valence-electron chi connectivity index (χ0n) is 23.0. The van der Waals surface area contributed by atoms with Crippen molar-refractivity contribution in [2.45, 2.75) is 31.7 Å². The van der Waals surface area contributed by atoms with Crippen LogP contribution < -0.4 is 14.9 Å². The van der Waals surface area contributed by atoms with E-state index in [1.807, 2.05) is 72.3 Å². The van der Waals surface area contributed by atoms with Crippen LogP contribution in [0.25, 0.3) is 38.7 Å². The van der Waals surface area contributed by atoms with Crippen LogP contribution in [0.15, 0.2) is 82.1 Å². The van der Waals surface area contributed by atoms with Crippen LogP contribution in [0.4, 0.5) is 0 Å². The number of aliphatic hydroxyl groups is 1. The summed E-state index contributed by atoms with van der Waals surface area (Å²) in [6, 6.07) is 20.8. The zero-order chi connectivity index (χ0) is 29.1. The van der Waals surface area contributed by atoms with Crippen LogP contribution in [0.5, 0.6) is 11.5 Å². The van der Waals surface area contributed by atoms with Gasteiger partial charge in [0.25, 0.3) is 0 Å². The third kappa shape index (κ3) is 4.57. The van der Waals surface area contributed by atoms with Crippen LogP contribution in [0, 0.1) is 0 Å². The molecular weight excluding hydrogens is 586 g/mol. The first-order valence-corrected chi connectivity index (χ1v) is 14.0. The Bertz CT molecular complexity index is 1960. The molecule has 0 bridgehead atoms. The number of hydrogen-bond acceptors (Lipinski definition) is 6. The Morgan fingerprint density at radius 3 is 2.51 bits per heavy atom. The lowest BCUT2D eigenvalue weighted by molar-refractivity contribution is -0.171. The maximum atomic E-state index is 14.0. The first-order valence-electron chi connectivity index (χ1n) is 13.2. The Labute approximate surface area is 244 Å². The van der Waals surface area contributed by atoms with E-state index >= 15 is 0 Å². The molecule has 5 aromatic rings. The van der Waals surface area contributed by atoms with Gasteiger partial charge in [-0.1, -0.05) is 52.3 Å². The Hall–Kier alpha value is -4.14. The van der Waals surface area contributed by atoms with Crippen LogP contribution in [0.3, 0.4) is 0 Å². The number of pyridine rings is 1. The third-order valence-electron chi connectivity index (χ3n) is 7.66. The highest BCUT2D eigenvalue weighted by molar-refractivity contribution is 9.10. The van der Waals surface area contributed by atoms with Gasteiger partial charge in [-0.2, -0.15) is 0 Å². The normalized spacial score (nSPS) is 18.0. The summed E-state index contributed by atoms with van der Waals surface area (Å²) in [5, 5.41) is 14.6. The number of aliphatic hydroxyl groups excluding tert-OH is 1. The lowest BCUT2D eigenvalue weighted by Gasteiger charge is -2.42. The number of fused-ring (bicyclic) bond motifs is 5.